The first-order valence-corrected chi connectivity index (χ1v) is 8.24. The van der Waals surface area contributed by atoms with Crippen molar-refractivity contribution in [3.05, 3.63) is 65.2 Å². The van der Waals surface area contributed by atoms with Crippen LogP contribution in [-0.2, 0) is 24.2 Å². The minimum absolute atomic E-state index is 0.288. The third-order valence-corrected chi connectivity index (χ3v) is 5.24. The average molecular weight is 307 g/mol. The fraction of sp³-hybridized carbons (Fsp3) is 0.350. The average Bonchev–Trinajstić information content (AvgIpc) is 2.88. The summed E-state index contributed by atoms with van der Waals surface area (Å²) in [5, 5.41) is 0. The van der Waals surface area contributed by atoms with Gasteiger partial charge in [0.1, 0.15) is 5.75 Å². The second-order valence-corrected chi connectivity index (χ2v) is 6.54. The van der Waals surface area contributed by atoms with Crippen molar-refractivity contribution < 1.29 is 9.53 Å². The van der Waals surface area contributed by atoms with Crippen molar-refractivity contribution in [1.29, 1.82) is 0 Å². The van der Waals surface area contributed by atoms with Crippen LogP contribution >= 0.6 is 0 Å². The molecule has 2 atom stereocenters. The van der Waals surface area contributed by atoms with Gasteiger partial charge >= 0.3 is 0 Å². The Hall–Kier alpha value is -2.29. The summed E-state index contributed by atoms with van der Waals surface area (Å²) in [6.45, 7) is 0.722. The molecule has 0 spiro atoms. The molecule has 1 fully saturated rings. The van der Waals surface area contributed by atoms with Crippen LogP contribution in [0.15, 0.2) is 48.5 Å². The van der Waals surface area contributed by atoms with Crippen molar-refractivity contribution in [2.45, 2.75) is 31.8 Å². The maximum absolute atomic E-state index is 12.5. The van der Waals surface area contributed by atoms with Crippen molar-refractivity contribution in [1.82, 2.24) is 4.90 Å². The highest BCUT2D eigenvalue weighted by atomic mass is 16.5. The van der Waals surface area contributed by atoms with Crippen molar-refractivity contribution in [2.75, 3.05) is 7.11 Å². The second kappa shape index (κ2) is 5.73. The van der Waals surface area contributed by atoms with Crippen LogP contribution in [-0.4, -0.2) is 24.0 Å². The molecule has 2 aromatic rings. The number of benzene rings is 2. The Labute approximate surface area is 136 Å². The van der Waals surface area contributed by atoms with Crippen LogP contribution in [0.1, 0.15) is 23.1 Å². The van der Waals surface area contributed by atoms with Gasteiger partial charge in [-0.25, -0.2) is 0 Å². The minimum Gasteiger partial charge on any atom is -0.496 e. The molecule has 0 saturated carbocycles. The predicted octanol–water partition coefficient (Wildman–Crippen LogP) is 3.21. The molecule has 2 aliphatic rings. The van der Waals surface area contributed by atoms with E-state index in [9.17, 15) is 4.79 Å². The molecule has 3 nitrogen and oxygen atoms in total. The van der Waals surface area contributed by atoms with Crippen LogP contribution < -0.4 is 4.74 Å². The molecule has 1 heterocycles. The lowest BCUT2D eigenvalue weighted by Crippen LogP contribution is -2.39. The highest BCUT2D eigenvalue weighted by Crippen LogP contribution is 2.40. The number of rotatable bonds is 3. The van der Waals surface area contributed by atoms with Crippen molar-refractivity contribution >= 4 is 5.91 Å². The monoisotopic (exact) mass is 307 g/mol. The zero-order chi connectivity index (χ0) is 15.8. The van der Waals surface area contributed by atoms with Gasteiger partial charge in [0.05, 0.1) is 7.11 Å². The van der Waals surface area contributed by atoms with Crippen LogP contribution in [0, 0.1) is 5.92 Å². The van der Waals surface area contributed by atoms with Crippen LogP contribution in [0.5, 0.6) is 5.75 Å². The Kier molecular flexibility index (Phi) is 3.56. The molecule has 0 N–H and O–H groups in total. The molecular formula is C20H21NO2. The molecule has 23 heavy (non-hydrogen) atoms. The number of carbonyl (C=O) groups is 1. The lowest BCUT2D eigenvalue weighted by Gasteiger charge is -2.33. The Morgan fingerprint density at radius 1 is 1.04 bits per heavy atom. The Morgan fingerprint density at radius 2 is 1.87 bits per heavy atom. The number of methoxy groups -OCH3 is 1. The first-order valence-electron chi connectivity index (χ1n) is 8.24. The largest absolute Gasteiger partial charge is 0.496 e. The third kappa shape index (κ3) is 2.50. The third-order valence-electron chi connectivity index (χ3n) is 5.24. The van der Waals surface area contributed by atoms with Crippen LogP contribution in [0.4, 0.5) is 0 Å². The SMILES string of the molecule is COc1cccc2c1C[C@H]1CC(=O)N(Cc3ccccc3)[C@@H]1C2. The van der Waals surface area contributed by atoms with Crippen LogP contribution in [0.2, 0.25) is 0 Å². The number of likely N-dealkylation sites (tertiary alicyclic amines) is 1. The van der Waals surface area contributed by atoms with Gasteiger partial charge < -0.3 is 9.64 Å². The number of fused-ring (bicyclic) bond motifs is 2. The van der Waals surface area contributed by atoms with Gasteiger partial charge in [0.15, 0.2) is 0 Å². The number of amides is 1. The Balaban J connectivity index is 1.62. The smallest absolute Gasteiger partial charge is 0.223 e. The first kappa shape index (κ1) is 14.3. The van der Waals surface area contributed by atoms with Gasteiger partial charge in [-0.3, -0.25) is 4.79 Å². The molecule has 0 aromatic heterocycles. The van der Waals surface area contributed by atoms with E-state index in [2.05, 4.69) is 29.2 Å². The molecule has 1 aliphatic heterocycles. The lowest BCUT2D eigenvalue weighted by atomic mass is 9.80. The van der Waals surface area contributed by atoms with E-state index in [1.54, 1.807) is 7.11 Å². The quantitative estimate of drug-likeness (QED) is 0.871. The molecular weight excluding hydrogens is 286 g/mol. The first-order chi connectivity index (χ1) is 11.3. The minimum atomic E-state index is 0.288. The maximum atomic E-state index is 12.5. The van der Waals surface area contributed by atoms with Crippen molar-refractivity contribution in [3.63, 3.8) is 0 Å². The second-order valence-electron chi connectivity index (χ2n) is 6.54. The molecule has 4 rings (SSSR count). The van der Waals surface area contributed by atoms with Gasteiger partial charge in [-0.05, 0) is 41.5 Å². The van der Waals surface area contributed by atoms with E-state index in [4.69, 9.17) is 4.74 Å². The molecule has 0 radical (unpaired) electrons. The van der Waals surface area contributed by atoms with Gasteiger partial charge in [-0.2, -0.15) is 0 Å². The van der Waals surface area contributed by atoms with E-state index >= 15 is 0 Å². The fourth-order valence-electron chi connectivity index (χ4n) is 4.10. The summed E-state index contributed by atoms with van der Waals surface area (Å²) in [6.07, 6.45) is 2.55. The van der Waals surface area contributed by atoms with E-state index in [-0.39, 0.29) is 5.91 Å². The van der Waals surface area contributed by atoms with E-state index in [0.717, 1.165) is 25.1 Å². The molecule has 2 aromatic carbocycles. The zero-order valence-electron chi connectivity index (χ0n) is 13.4. The van der Waals surface area contributed by atoms with Gasteiger partial charge in [0.2, 0.25) is 5.91 Å². The summed E-state index contributed by atoms with van der Waals surface area (Å²) in [5.41, 5.74) is 3.84. The number of carbonyl (C=O) groups excluding carboxylic acids is 1. The molecule has 1 amide bonds. The van der Waals surface area contributed by atoms with E-state index in [1.807, 2.05) is 24.3 Å². The van der Waals surface area contributed by atoms with Gasteiger partial charge in [0, 0.05) is 19.0 Å². The Bertz CT molecular complexity index is 726. The summed E-state index contributed by atoms with van der Waals surface area (Å²) >= 11 is 0. The zero-order valence-corrected chi connectivity index (χ0v) is 13.4. The highest BCUT2D eigenvalue weighted by Gasteiger charge is 2.42. The predicted molar refractivity (Wildman–Crippen MR) is 89.3 cm³/mol. The highest BCUT2D eigenvalue weighted by molar-refractivity contribution is 5.79. The number of hydrogen-bond acceptors (Lipinski definition) is 2. The van der Waals surface area contributed by atoms with E-state index < -0.39 is 0 Å². The van der Waals surface area contributed by atoms with Gasteiger partial charge in [-0.1, -0.05) is 42.5 Å². The summed E-state index contributed by atoms with van der Waals surface area (Å²) in [7, 11) is 1.73. The topological polar surface area (TPSA) is 29.5 Å². The van der Waals surface area contributed by atoms with E-state index in [0.29, 0.717) is 18.4 Å². The standard InChI is InChI=1S/C20H21NO2/c1-23-19-9-5-8-15-11-18-16(10-17(15)19)12-20(22)21(18)13-14-6-3-2-4-7-14/h2-9,16,18H,10-13H2,1H3/t16-,18+/m0/s1. The Morgan fingerprint density at radius 3 is 2.65 bits per heavy atom. The number of hydrogen-bond donors (Lipinski definition) is 0. The van der Waals surface area contributed by atoms with Gasteiger partial charge in [0.25, 0.3) is 0 Å². The molecule has 0 unspecified atom stereocenters. The summed E-state index contributed by atoms with van der Waals surface area (Å²) < 4.78 is 5.51. The maximum Gasteiger partial charge on any atom is 0.223 e. The number of nitrogens with zero attached hydrogens (tertiary/aromatic N) is 1. The van der Waals surface area contributed by atoms with Crippen LogP contribution in [0.3, 0.4) is 0 Å². The lowest BCUT2D eigenvalue weighted by molar-refractivity contribution is -0.129. The molecule has 1 saturated heterocycles. The summed E-state index contributed by atoms with van der Waals surface area (Å²) in [6, 6.07) is 16.9. The number of ether oxygens (including phenoxy) is 1. The van der Waals surface area contributed by atoms with Crippen molar-refractivity contribution in [3.8, 4) is 5.75 Å². The summed E-state index contributed by atoms with van der Waals surface area (Å²) in [4.78, 5) is 14.6. The van der Waals surface area contributed by atoms with Crippen molar-refractivity contribution in [2.24, 2.45) is 5.92 Å². The summed E-state index contributed by atoms with van der Waals surface area (Å²) in [5.74, 6) is 1.67. The van der Waals surface area contributed by atoms with E-state index in [1.165, 1.54) is 16.7 Å². The fourth-order valence-corrected chi connectivity index (χ4v) is 4.10. The van der Waals surface area contributed by atoms with Gasteiger partial charge in [-0.15, -0.1) is 0 Å². The molecule has 3 heteroatoms. The molecule has 1 aliphatic carbocycles. The molecule has 118 valence electrons. The normalized spacial score (nSPS) is 22.7. The van der Waals surface area contributed by atoms with Crippen LogP contribution in [0.25, 0.3) is 0 Å². The molecule has 0 bridgehead atoms.